The third-order valence-electron chi connectivity index (χ3n) is 1.57. The van der Waals surface area contributed by atoms with Crippen LogP contribution in [0.4, 0.5) is 10.1 Å². The van der Waals surface area contributed by atoms with Crippen molar-refractivity contribution in [2.24, 2.45) is 0 Å². The predicted octanol–water partition coefficient (Wildman–Crippen LogP) is 0.384. The minimum absolute atomic E-state index is 0.277. The van der Waals surface area contributed by atoms with E-state index in [9.17, 15) is 4.39 Å². The Bertz CT molecular complexity index is 411. The van der Waals surface area contributed by atoms with E-state index in [0.29, 0.717) is 5.69 Å². The quantitative estimate of drug-likeness (QED) is 0.642. The number of nitrogens with two attached hydrogens (primary N) is 1. The van der Waals surface area contributed by atoms with Crippen LogP contribution in [0, 0.1) is 5.82 Å². The maximum absolute atomic E-state index is 13.2. The first kappa shape index (κ1) is 7.66. The lowest BCUT2D eigenvalue weighted by Gasteiger charge is -2.01. The molecule has 0 fully saturated rings. The zero-order valence-corrected chi connectivity index (χ0v) is 6.55. The van der Waals surface area contributed by atoms with Crippen LogP contribution in [0.2, 0.25) is 0 Å². The largest absolute Gasteiger partial charge is 0.399 e. The van der Waals surface area contributed by atoms with Crippen LogP contribution in [0.3, 0.4) is 0 Å². The molecule has 5 nitrogen and oxygen atoms in total. The molecule has 13 heavy (non-hydrogen) atoms. The summed E-state index contributed by atoms with van der Waals surface area (Å²) in [7, 11) is 0. The number of nitrogen functional groups attached to an aromatic ring is 1. The van der Waals surface area contributed by atoms with Gasteiger partial charge < -0.3 is 5.73 Å². The van der Waals surface area contributed by atoms with Crippen molar-refractivity contribution in [3.05, 3.63) is 30.3 Å². The van der Waals surface area contributed by atoms with E-state index in [0.717, 1.165) is 0 Å². The molecular formula is C7H6FN5. The molecular weight excluding hydrogens is 173 g/mol. The van der Waals surface area contributed by atoms with Crippen LogP contribution < -0.4 is 5.73 Å². The van der Waals surface area contributed by atoms with E-state index in [1.54, 1.807) is 6.07 Å². The summed E-state index contributed by atoms with van der Waals surface area (Å²) in [6.07, 6.45) is 1.31. The second-order valence-corrected chi connectivity index (χ2v) is 2.47. The molecule has 0 amide bonds. The molecule has 66 valence electrons. The van der Waals surface area contributed by atoms with Gasteiger partial charge in [-0.3, -0.25) is 0 Å². The fraction of sp³-hybridized carbons (Fsp3) is 0. The van der Waals surface area contributed by atoms with Gasteiger partial charge in [0.15, 0.2) is 5.82 Å². The average Bonchev–Trinajstić information content (AvgIpc) is 2.56. The van der Waals surface area contributed by atoms with Crippen molar-refractivity contribution in [2.75, 3.05) is 5.73 Å². The van der Waals surface area contributed by atoms with Crippen molar-refractivity contribution < 1.29 is 4.39 Å². The van der Waals surface area contributed by atoms with Gasteiger partial charge in [-0.2, -0.15) is 4.68 Å². The van der Waals surface area contributed by atoms with Crippen molar-refractivity contribution in [1.29, 1.82) is 0 Å². The van der Waals surface area contributed by atoms with E-state index in [-0.39, 0.29) is 5.69 Å². The lowest BCUT2D eigenvalue weighted by atomic mass is 10.3. The molecule has 1 aromatic heterocycles. The monoisotopic (exact) mass is 179 g/mol. The van der Waals surface area contributed by atoms with E-state index in [1.165, 1.54) is 23.1 Å². The van der Waals surface area contributed by atoms with Gasteiger partial charge in [-0.1, -0.05) is 0 Å². The molecule has 0 unspecified atom stereocenters. The first-order chi connectivity index (χ1) is 6.27. The van der Waals surface area contributed by atoms with Crippen LogP contribution in [0.5, 0.6) is 0 Å². The molecule has 1 heterocycles. The summed E-state index contributed by atoms with van der Waals surface area (Å²) >= 11 is 0. The van der Waals surface area contributed by atoms with Crippen LogP contribution in [0.1, 0.15) is 0 Å². The van der Waals surface area contributed by atoms with Gasteiger partial charge in [0.25, 0.3) is 0 Å². The summed E-state index contributed by atoms with van der Waals surface area (Å²) in [5.74, 6) is -0.452. The number of hydrogen-bond donors (Lipinski definition) is 1. The number of anilines is 1. The van der Waals surface area contributed by atoms with Gasteiger partial charge in [-0.05, 0) is 28.6 Å². The second-order valence-electron chi connectivity index (χ2n) is 2.47. The van der Waals surface area contributed by atoms with Crippen molar-refractivity contribution >= 4 is 5.69 Å². The first-order valence-corrected chi connectivity index (χ1v) is 3.56. The molecule has 0 aliphatic rings. The Balaban J connectivity index is 2.53. The van der Waals surface area contributed by atoms with Gasteiger partial charge in [-0.15, -0.1) is 5.10 Å². The standard InChI is InChI=1S/C7H6FN5/c8-6-3-5(9)1-2-7(6)13-4-10-11-12-13/h1-4H,9H2. The minimum Gasteiger partial charge on any atom is -0.399 e. The molecule has 0 aliphatic heterocycles. The van der Waals surface area contributed by atoms with E-state index < -0.39 is 5.82 Å². The maximum atomic E-state index is 13.2. The lowest BCUT2D eigenvalue weighted by molar-refractivity contribution is 0.607. The van der Waals surface area contributed by atoms with E-state index in [4.69, 9.17) is 5.73 Å². The number of aromatic nitrogens is 4. The maximum Gasteiger partial charge on any atom is 0.151 e. The highest BCUT2D eigenvalue weighted by atomic mass is 19.1. The Hall–Kier alpha value is -1.98. The zero-order chi connectivity index (χ0) is 9.26. The Morgan fingerprint density at radius 2 is 2.23 bits per heavy atom. The molecule has 2 aromatic rings. The Morgan fingerprint density at radius 3 is 2.85 bits per heavy atom. The summed E-state index contributed by atoms with van der Waals surface area (Å²) in [6.45, 7) is 0. The number of nitrogens with zero attached hydrogens (tertiary/aromatic N) is 4. The van der Waals surface area contributed by atoms with Gasteiger partial charge in [0.05, 0.1) is 0 Å². The molecule has 2 N–H and O–H groups in total. The summed E-state index contributed by atoms with van der Waals surface area (Å²) < 4.78 is 14.4. The van der Waals surface area contributed by atoms with Crippen LogP contribution >= 0.6 is 0 Å². The van der Waals surface area contributed by atoms with Crippen molar-refractivity contribution in [3.8, 4) is 5.69 Å². The van der Waals surface area contributed by atoms with Gasteiger partial charge in [0.2, 0.25) is 0 Å². The number of tetrazole rings is 1. The Kier molecular flexibility index (Phi) is 1.66. The highest BCUT2D eigenvalue weighted by molar-refractivity contribution is 5.45. The summed E-state index contributed by atoms with van der Waals surface area (Å²) in [5.41, 5.74) is 6.03. The molecule has 0 spiro atoms. The third-order valence-corrected chi connectivity index (χ3v) is 1.57. The molecule has 0 saturated carbocycles. The van der Waals surface area contributed by atoms with Crippen LogP contribution in [0.25, 0.3) is 5.69 Å². The van der Waals surface area contributed by atoms with Gasteiger partial charge in [0.1, 0.15) is 12.0 Å². The van der Waals surface area contributed by atoms with Crippen LogP contribution in [0.15, 0.2) is 24.5 Å². The van der Waals surface area contributed by atoms with E-state index in [2.05, 4.69) is 15.5 Å². The SMILES string of the molecule is Nc1ccc(-n2cnnn2)c(F)c1. The smallest absolute Gasteiger partial charge is 0.151 e. The third kappa shape index (κ3) is 1.33. The predicted molar refractivity (Wildman–Crippen MR) is 43.5 cm³/mol. The fourth-order valence-corrected chi connectivity index (χ4v) is 0.981. The molecule has 6 heteroatoms. The van der Waals surface area contributed by atoms with Crippen LogP contribution in [-0.4, -0.2) is 20.2 Å². The van der Waals surface area contributed by atoms with Crippen molar-refractivity contribution in [2.45, 2.75) is 0 Å². The fourth-order valence-electron chi connectivity index (χ4n) is 0.981. The summed E-state index contributed by atoms with van der Waals surface area (Å²) in [4.78, 5) is 0. The normalized spacial score (nSPS) is 10.2. The molecule has 0 atom stereocenters. The van der Waals surface area contributed by atoms with Crippen molar-refractivity contribution in [1.82, 2.24) is 20.2 Å². The van der Waals surface area contributed by atoms with Gasteiger partial charge in [-0.25, -0.2) is 4.39 Å². The first-order valence-electron chi connectivity index (χ1n) is 3.56. The Labute approximate surface area is 73.0 Å². The Morgan fingerprint density at radius 1 is 1.38 bits per heavy atom. The lowest BCUT2D eigenvalue weighted by Crippen LogP contribution is -1.99. The van der Waals surface area contributed by atoms with E-state index in [1.807, 2.05) is 0 Å². The molecule has 0 saturated heterocycles. The molecule has 0 radical (unpaired) electrons. The van der Waals surface area contributed by atoms with Crippen LogP contribution in [-0.2, 0) is 0 Å². The minimum atomic E-state index is -0.452. The summed E-state index contributed by atoms with van der Waals surface area (Å²) in [5, 5.41) is 10.3. The average molecular weight is 179 g/mol. The highest BCUT2D eigenvalue weighted by Crippen LogP contribution is 2.14. The number of benzene rings is 1. The summed E-state index contributed by atoms with van der Waals surface area (Å²) in [6, 6.07) is 4.32. The molecule has 1 aromatic carbocycles. The molecule has 0 aliphatic carbocycles. The second kappa shape index (κ2) is 2.81. The van der Waals surface area contributed by atoms with E-state index >= 15 is 0 Å². The number of rotatable bonds is 1. The number of halogens is 1. The zero-order valence-electron chi connectivity index (χ0n) is 6.55. The van der Waals surface area contributed by atoms with Gasteiger partial charge in [0, 0.05) is 5.69 Å². The highest BCUT2D eigenvalue weighted by Gasteiger charge is 2.04. The van der Waals surface area contributed by atoms with Gasteiger partial charge >= 0.3 is 0 Å². The molecule has 2 rings (SSSR count). The van der Waals surface area contributed by atoms with Crippen molar-refractivity contribution in [3.63, 3.8) is 0 Å². The topological polar surface area (TPSA) is 69.6 Å². The molecule has 0 bridgehead atoms. The number of hydrogen-bond acceptors (Lipinski definition) is 4.